The lowest BCUT2D eigenvalue weighted by Gasteiger charge is -2.54. The van der Waals surface area contributed by atoms with E-state index in [1.165, 1.54) is 11.1 Å². The van der Waals surface area contributed by atoms with E-state index in [4.69, 9.17) is 15.9 Å². The van der Waals surface area contributed by atoms with Crippen LogP contribution in [0.2, 0.25) is 0 Å². The van der Waals surface area contributed by atoms with Crippen LogP contribution >= 0.6 is 0 Å². The highest BCUT2D eigenvalue weighted by Gasteiger charge is 2.64. The minimum absolute atomic E-state index is 0.260. The van der Waals surface area contributed by atoms with E-state index in [2.05, 4.69) is 12.8 Å². The van der Waals surface area contributed by atoms with Crippen molar-refractivity contribution in [1.82, 2.24) is 0 Å². The Hall–Kier alpha value is -2.15. The highest BCUT2D eigenvalue weighted by molar-refractivity contribution is 5.73. The summed E-state index contributed by atoms with van der Waals surface area (Å²) in [7, 11) is 0. The number of terminal acetylenes is 1. The average molecular weight is 473 g/mol. The van der Waals surface area contributed by atoms with Crippen molar-refractivity contribution in [2.45, 2.75) is 87.7 Å². The zero-order valence-electron chi connectivity index (χ0n) is 19.1. The smallest absolute Gasteiger partial charge is 0.335 e. The van der Waals surface area contributed by atoms with E-state index in [1.807, 2.05) is 12.1 Å². The predicted molar refractivity (Wildman–Crippen MR) is 120 cm³/mol. The third-order valence-corrected chi connectivity index (χ3v) is 9.19. The van der Waals surface area contributed by atoms with Crippen LogP contribution in [0, 0.1) is 29.6 Å². The number of carboxylic acids is 1. The maximum absolute atomic E-state index is 11.5. The molecule has 10 atom stereocenters. The number of carbonyl (C=O) groups is 1. The first-order chi connectivity index (χ1) is 16.1. The van der Waals surface area contributed by atoms with Gasteiger partial charge in [0, 0.05) is 5.41 Å². The predicted octanol–water partition coefficient (Wildman–Crippen LogP) is 1.53. The van der Waals surface area contributed by atoms with E-state index in [-0.39, 0.29) is 11.7 Å². The third kappa shape index (κ3) is 3.29. The molecule has 0 aromatic heterocycles. The van der Waals surface area contributed by atoms with Crippen LogP contribution in [0.15, 0.2) is 18.2 Å². The number of ether oxygens (including phenoxy) is 2. The quantitative estimate of drug-likeness (QED) is 0.418. The van der Waals surface area contributed by atoms with Gasteiger partial charge < -0.3 is 35.0 Å². The number of phenolic OH excluding ortho intramolecular Hbond substituents is 1. The number of aryl methyl sites for hydroxylation is 1. The van der Waals surface area contributed by atoms with Crippen LogP contribution in [-0.4, -0.2) is 67.8 Å². The highest BCUT2D eigenvalue weighted by atomic mass is 16.7. The fourth-order valence-electron chi connectivity index (χ4n) is 7.38. The molecule has 1 heterocycles. The number of aromatic hydroxyl groups is 1. The molecule has 1 saturated heterocycles. The Morgan fingerprint density at radius 1 is 1.15 bits per heavy atom. The number of hydrogen-bond donors (Lipinski definition) is 5. The number of aliphatic carboxylic acids is 1. The zero-order valence-corrected chi connectivity index (χ0v) is 19.1. The Morgan fingerprint density at radius 2 is 1.91 bits per heavy atom. The normalized spacial score (nSPS) is 45.5. The van der Waals surface area contributed by atoms with E-state index in [9.17, 15) is 30.3 Å². The molecule has 184 valence electrons. The van der Waals surface area contributed by atoms with E-state index in [0.717, 1.165) is 32.1 Å². The van der Waals surface area contributed by atoms with Gasteiger partial charge in [-0.15, -0.1) is 6.42 Å². The standard InChI is InChI=1S/C26H32O8/c1-3-26(34-24-21(30)19(28)20(29)22(33-24)23(31)32)11-9-18-17-6-4-13-12-14(27)5-7-15(13)16(17)8-10-25(18,26)2/h1,5,7,12,16-22,24,27-30H,4,6,8-11H2,2H3,(H,31,32)/t16-,17-,18+,19-,20-,21+,22-,24-,25-,26-/m0/s1. The molecule has 0 radical (unpaired) electrons. The summed E-state index contributed by atoms with van der Waals surface area (Å²) in [6, 6.07) is 5.65. The number of carboxylic acid groups (broad SMARTS) is 1. The summed E-state index contributed by atoms with van der Waals surface area (Å²) in [4.78, 5) is 11.5. The number of hydrogen-bond acceptors (Lipinski definition) is 7. The Kier molecular flexibility index (Phi) is 5.70. The monoisotopic (exact) mass is 472 g/mol. The van der Waals surface area contributed by atoms with Gasteiger partial charge in [0.1, 0.15) is 29.7 Å². The second kappa shape index (κ2) is 8.21. The molecule has 8 nitrogen and oxygen atoms in total. The average Bonchev–Trinajstić information content (AvgIpc) is 3.11. The summed E-state index contributed by atoms with van der Waals surface area (Å²) in [5.41, 5.74) is 0.963. The van der Waals surface area contributed by atoms with Crippen molar-refractivity contribution in [3.8, 4) is 18.1 Å². The molecule has 0 bridgehead atoms. The molecule has 3 aliphatic carbocycles. The van der Waals surface area contributed by atoms with Crippen LogP contribution in [0.1, 0.15) is 56.1 Å². The van der Waals surface area contributed by atoms with Crippen molar-refractivity contribution >= 4 is 5.97 Å². The Bertz CT molecular complexity index is 1020. The van der Waals surface area contributed by atoms with E-state index in [1.54, 1.807) is 6.07 Å². The van der Waals surface area contributed by atoms with Crippen LogP contribution in [-0.2, 0) is 20.7 Å². The molecule has 4 aliphatic rings. The molecule has 34 heavy (non-hydrogen) atoms. The van der Waals surface area contributed by atoms with Crippen molar-refractivity contribution in [1.29, 1.82) is 0 Å². The molecule has 0 amide bonds. The van der Waals surface area contributed by atoms with Crippen LogP contribution < -0.4 is 0 Å². The van der Waals surface area contributed by atoms with Crippen molar-refractivity contribution in [2.75, 3.05) is 0 Å². The van der Waals surface area contributed by atoms with Crippen molar-refractivity contribution in [2.24, 2.45) is 17.3 Å². The molecule has 5 N–H and O–H groups in total. The summed E-state index contributed by atoms with van der Waals surface area (Å²) in [6.45, 7) is 2.11. The number of rotatable bonds is 3. The Labute approximate surface area is 198 Å². The van der Waals surface area contributed by atoms with Gasteiger partial charge in [0.2, 0.25) is 0 Å². The lowest BCUT2D eigenvalue weighted by atomic mass is 9.53. The first kappa shape index (κ1) is 23.6. The SMILES string of the molecule is C#C[C@]1(O[C@@H]2O[C@H](C(=O)O)[C@@H](O)[C@H](O)[C@H]2O)CC[C@@H]2[C@H]3CCc4cc(O)ccc4[C@@H]3CC[C@@]21C. The summed E-state index contributed by atoms with van der Waals surface area (Å²) in [5.74, 6) is 2.70. The third-order valence-electron chi connectivity index (χ3n) is 9.19. The van der Waals surface area contributed by atoms with Crippen molar-refractivity contribution in [3.63, 3.8) is 0 Å². The van der Waals surface area contributed by atoms with Crippen molar-refractivity contribution < 1.29 is 39.8 Å². The zero-order chi connectivity index (χ0) is 24.4. The molecular weight excluding hydrogens is 440 g/mol. The van der Waals surface area contributed by atoms with Crippen LogP contribution in [0.25, 0.3) is 0 Å². The van der Waals surface area contributed by atoms with Crippen LogP contribution in [0.4, 0.5) is 0 Å². The van der Waals surface area contributed by atoms with Gasteiger partial charge in [0.05, 0.1) is 0 Å². The summed E-state index contributed by atoms with van der Waals surface area (Å²) < 4.78 is 11.7. The highest BCUT2D eigenvalue weighted by Crippen LogP contribution is 2.65. The number of phenols is 1. The Balaban J connectivity index is 1.42. The first-order valence-electron chi connectivity index (χ1n) is 12.0. The maximum atomic E-state index is 11.5. The van der Waals surface area contributed by atoms with E-state index < -0.39 is 47.7 Å². The van der Waals surface area contributed by atoms with Gasteiger partial charge >= 0.3 is 5.97 Å². The first-order valence-corrected chi connectivity index (χ1v) is 12.0. The molecular formula is C26H32O8. The van der Waals surface area contributed by atoms with Gasteiger partial charge in [0.15, 0.2) is 12.4 Å². The molecule has 1 aromatic rings. The molecule has 2 saturated carbocycles. The molecule has 1 aromatic carbocycles. The Morgan fingerprint density at radius 3 is 2.62 bits per heavy atom. The molecule has 1 aliphatic heterocycles. The van der Waals surface area contributed by atoms with Gasteiger partial charge in [-0.2, -0.15) is 0 Å². The number of aliphatic hydroxyl groups excluding tert-OH is 3. The minimum atomic E-state index is -1.78. The summed E-state index contributed by atoms with van der Waals surface area (Å²) >= 11 is 0. The molecule has 3 fully saturated rings. The molecule has 8 heteroatoms. The number of fused-ring (bicyclic) bond motifs is 5. The second-order valence-corrected chi connectivity index (χ2v) is 10.6. The van der Waals surface area contributed by atoms with E-state index in [0.29, 0.717) is 18.3 Å². The van der Waals surface area contributed by atoms with Gasteiger partial charge in [-0.1, -0.05) is 18.9 Å². The molecule has 0 unspecified atom stereocenters. The van der Waals surface area contributed by atoms with Crippen LogP contribution in [0.3, 0.4) is 0 Å². The summed E-state index contributed by atoms with van der Waals surface area (Å²) in [6.07, 6.45) is 2.62. The van der Waals surface area contributed by atoms with Gasteiger partial charge in [-0.25, -0.2) is 4.79 Å². The fourth-order valence-corrected chi connectivity index (χ4v) is 7.38. The van der Waals surface area contributed by atoms with Crippen molar-refractivity contribution in [3.05, 3.63) is 29.3 Å². The fraction of sp³-hybridized carbons (Fsp3) is 0.654. The molecule has 5 rings (SSSR count). The topological polar surface area (TPSA) is 137 Å². The van der Waals surface area contributed by atoms with Gasteiger partial charge in [0.25, 0.3) is 0 Å². The molecule has 0 spiro atoms. The van der Waals surface area contributed by atoms with Crippen LogP contribution in [0.5, 0.6) is 5.75 Å². The lowest BCUT2D eigenvalue weighted by Crippen LogP contribution is -2.63. The second-order valence-electron chi connectivity index (χ2n) is 10.6. The number of benzene rings is 1. The minimum Gasteiger partial charge on any atom is -0.508 e. The lowest BCUT2D eigenvalue weighted by molar-refractivity contribution is -0.324. The maximum Gasteiger partial charge on any atom is 0.335 e. The number of aliphatic hydroxyl groups is 3. The van der Waals surface area contributed by atoms with Gasteiger partial charge in [-0.05, 0) is 79.5 Å². The summed E-state index contributed by atoms with van der Waals surface area (Å²) in [5, 5.41) is 50.1. The largest absolute Gasteiger partial charge is 0.508 e. The van der Waals surface area contributed by atoms with E-state index >= 15 is 0 Å². The van der Waals surface area contributed by atoms with Gasteiger partial charge in [-0.3, -0.25) is 0 Å².